The molecule has 170 valence electrons. The number of hydrogen-bond acceptors (Lipinski definition) is 7. The summed E-state index contributed by atoms with van der Waals surface area (Å²) in [7, 11) is 0. The highest BCUT2D eigenvalue weighted by molar-refractivity contribution is 6.07. The molecule has 0 radical (unpaired) electrons. The molecule has 1 aliphatic carbocycles. The van der Waals surface area contributed by atoms with Gasteiger partial charge in [-0.1, -0.05) is 0 Å². The van der Waals surface area contributed by atoms with Gasteiger partial charge in [0.05, 0.1) is 17.6 Å². The number of nitrogens with two attached hydrogens (primary N) is 1. The number of carbonyl (C=O) groups excluding carboxylic acids is 3. The van der Waals surface area contributed by atoms with Crippen LogP contribution in [-0.2, 0) is 0 Å². The van der Waals surface area contributed by atoms with Crippen LogP contribution in [-0.4, -0.2) is 37.3 Å². The van der Waals surface area contributed by atoms with Crippen molar-refractivity contribution >= 4 is 23.3 Å². The molecule has 0 atom stereocenters. The van der Waals surface area contributed by atoms with Crippen LogP contribution in [0.25, 0.3) is 17.1 Å². The Morgan fingerprint density at radius 1 is 1.15 bits per heavy atom. The smallest absolute Gasteiger partial charge is 0.277 e. The molecule has 0 spiro atoms. The molecule has 0 aliphatic heterocycles. The van der Waals surface area contributed by atoms with Crippen molar-refractivity contribution in [3.63, 3.8) is 0 Å². The van der Waals surface area contributed by atoms with Crippen LogP contribution in [0.2, 0.25) is 0 Å². The van der Waals surface area contributed by atoms with Gasteiger partial charge in [0, 0.05) is 28.9 Å². The van der Waals surface area contributed by atoms with E-state index in [0.717, 1.165) is 24.1 Å². The topological polar surface area (TPSA) is 146 Å². The van der Waals surface area contributed by atoms with Gasteiger partial charge in [0.1, 0.15) is 6.26 Å². The van der Waals surface area contributed by atoms with Gasteiger partial charge in [-0.25, -0.2) is 9.67 Å². The van der Waals surface area contributed by atoms with Crippen LogP contribution in [0.1, 0.15) is 62.7 Å². The fourth-order valence-electron chi connectivity index (χ4n) is 3.51. The van der Waals surface area contributed by atoms with E-state index in [1.54, 1.807) is 36.5 Å². The number of amides is 2. The third-order valence-corrected chi connectivity index (χ3v) is 5.49. The standard InChI is InChI=1S/C24H20N6O4/c1-13(31)14-4-6-17(7-5-14)30-11-19(21(29-30)22(25)32)27-23(33)20-12-34-24(28-20)16-8-9-26-18(10-16)15-2-3-15/h4-12,15H,2-3H2,1H3,(H2,25,32)(H,27,33). The zero-order valence-corrected chi connectivity index (χ0v) is 18.2. The van der Waals surface area contributed by atoms with Crippen molar-refractivity contribution in [2.45, 2.75) is 25.7 Å². The zero-order chi connectivity index (χ0) is 23.8. The molecule has 3 N–H and O–H groups in total. The first kappa shape index (κ1) is 21.3. The van der Waals surface area contributed by atoms with Gasteiger partial charge in [0.2, 0.25) is 5.89 Å². The number of aromatic nitrogens is 4. The molecule has 5 rings (SSSR count). The fourth-order valence-corrected chi connectivity index (χ4v) is 3.51. The number of Topliss-reactive ketones (excluding diaryl/α,β-unsaturated/α-hetero) is 1. The summed E-state index contributed by atoms with van der Waals surface area (Å²) in [5, 5.41) is 6.80. The lowest BCUT2D eigenvalue weighted by Gasteiger charge is -2.02. The van der Waals surface area contributed by atoms with E-state index >= 15 is 0 Å². The first-order valence-corrected chi connectivity index (χ1v) is 10.6. The Hall–Kier alpha value is -4.60. The van der Waals surface area contributed by atoms with Gasteiger partial charge in [-0.15, -0.1) is 0 Å². The maximum atomic E-state index is 12.8. The number of pyridine rings is 1. The minimum absolute atomic E-state index is 0.0359. The van der Waals surface area contributed by atoms with Crippen molar-refractivity contribution in [1.82, 2.24) is 19.7 Å². The van der Waals surface area contributed by atoms with Crippen LogP contribution >= 0.6 is 0 Å². The van der Waals surface area contributed by atoms with Crippen molar-refractivity contribution in [1.29, 1.82) is 0 Å². The minimum atomic E-state index is -0.806. The lowest BCUT2D eigenvalue weighted by Crippen LogP contribution is -2.18. The predicted molar refractivity (Wildman–Crippen MR) is 122 cm³/mol. The van der Waals surface area contributed by atoms with Crippen LogP contribution in [0.3, 0.4) is 0 Å². The van der Waals surface area contributed by atoms with Gasteiger partial charge in [-0.05, 0) is 56.2 Å². The Morgan fingerprint density at radius 2 is 1.91 bits per heavy atom. The van der Waals surface area contributed by atoms with Gasteiger partial charge in [-0.2, -0.15) is 5.10 Å². The Balaban J connectivity index is 1.38. The molecule has 2 amide bonds. The highest BCUT2D eigenvalue weighted by Gasteiger charge is 2.26. The van der Waals surface area contributed by atoms with Crippen LogP contribution in [0, 0.1) is 0 Å². The first-order chi connectivity index (χ1) is 16.4. The number of rotatable bonds is 7. The van der Waals surface area contributed by atoms with Gasteiger partial charge < -0.3 is 15.5 Å². The summed E-state index contributed by atoms with van der Waals surface area (Å²) in [6, 6.07) is 10.3. The van der Waals surface area contributed by atoms with Gasteiger partial charge >= 0.3 is 0 Å². The molecule has 10 nitrogen and oxygen atoms in total. The Kier molecular flexibility index (Phi) is 5.25. The van der Waals surface area contributed by atoms with E-state index in [9.17, 15) is 14.4 Å². The second-order valence-corrected chi connectivity index (χ2v) is 8.04. The molecule has 3 heterocycles. The molecule has 10 heteroatoms. The summed E-state index contributed by atoms with van der Waals surface area (Å²) >= 11 is 0. The lowest BCUT2D eigenvalue weighted by atomic mass is 10.1. The SMILES string of the molecule is CC(=O)c1ccc(-n2cc(NC(=O)c3coc(-c4ccnc(C5CC5)c4)n3)c(C(N)=O)n2)cc1. The number of carbonyl (C=O) groups is 3. The molecular weight excluding hydrogens is 436 g/mol. The van der Waals surface area contributed by atoms with Crippen LogP contribution in [0.15, 0.2) is 59.5 Å². The second kappa shape index (κ2) is 8.39. The van der Waals surface area contributed by atoms with Crippen LogP contribution in [0.4, 0.5) is 5.69 Å². The molecule has 1 fully saturated rings. The van der Waals surface area contributed by atoms with Crippen LogP contribution in [0.5, 0.6) is 0 Å². The highest BCUT2D eigenvalue weighted by atomic mass is 16.3. The molecule has 0 saturated heterocycles. The maximum absolute atomic E-state index is 12.8. The monoisotopic (exact) mass is 456 g/mol. The van der Waals surface area contributed by atoms with E-state index in [2.05, 4.69) is 20.4 Å². The number of oxazole rings is 1. The number of benzene rings is 1. The summed E-state index contributed by atoms with van der Waals surface area (Å²) in [6.45, 7) is 1.47. The summed E-state index contributed by atoms with van der Waals surface area (Å²) in [5.74, 6) is -0.689. The molecule has 3 aromatic heterocycles. The Morgan fingerprint density at radius 3 is 2.59 bits per heavy atom. The normalized spacial score (nSPS) is 13.0. The number of hydrogen-bond donors (Lipinski definition) is 2. The number of ketones is 1. The third-order valence-electron chi connectivity index (χ3n) is 5.49. The molecular formula is C24H20N6O4. The van der Waals surface area contributed by atoms with Crippen LogP contribution < -0.4 is 11.1 Å². The highest BCUT2D eigenvalue weighted by Crippen LogP contribution is 2.39. The summed E-state index contributed by atoms with van der Waals surface area (Å²) in [5.41, 5.74) is 8.34. The molecule has 0 unspecified atom stereocenters. The van der Waals surface area contributed by atoms with Crippen molar-refractivity contribution < 1.29 is 18.8 Å². The average Bonchev–Trinajstić information content (AvgIpc) is 3.41. The maximum Gasteiger partial charge on any atom is 0.277 e. The largest absolute Gasteiger partial charge is 0.444 e. The number of anilines is 1. The van der Waals surface area contributed by atoms with Gasteiger partial charge in [0.15, 0.2) is 17.2 Å². The van der Waals surface area contributed by atoms with Crippen molar-refractivity contribution in [3.05, 3.63) is 77.7 Å². The fraction of sp³-hybridized carbons (Fsp3) is 0.167. The first-order valence-electron chi connectivity index (χ1n) is 10.6. The molecule has 1 aliphatic rings. The predicted octanol–water partition coefficient (Wildman–Crippen LogP) is 3.35. The van der Waals surface area contributed by atoms with E-state index in [1.165, 1.54) is 24.1 Å². The number of primary amides is 1. The van der Waals surface area contributed by atoms with Crippen molar-refractivity contribution in [2.24, 2.45) is 5.73 Å². The summed E-state index contributed by atoms with van der Waals surface area (Å²) in [6.07, 6.45) is 6.64. The number of nitrogens with one attached hydrogen (secondary N) is 1. The summed E-state index contributed by atoms with van der Waals surface area (Å²) in [4.78, 5) is 44.9. The molecule has 1 aromatic carbocycles. The summed E-state index contributed by atoms with van der Waals surface area (Å²) < 4.78 is 6.90. The van der Waals surface area contributed by atoms with Crippen molar-refractivity contribution in [3.8, 4) is 17.1 Å². The van der Waals surface area contributed by atoms with E-state index in [1.807, 2.05) is 6.07 Å². The van der Waals surface area contributed by atoms with Gasteiger partial charge in [0.25, 0.3) is 11.8 Å². The average molecular weight is 456 g/mol. The Bertz CT molecular complexity index is 1420. The van der Waals surface area contributed by atoms with E-state index in [4.69, 9.17) is 10.2 Å². The van der Waals surface area contributed by atoms with Gasteiger partial charge in [-0.3, -0.25) is 19.4 Å². The lowest BCUT2D eigenvalue weighted by molar-refractivity contribution is 0.0992. The third kappa shape index (κ3) is 4.20. The molecule has 34 heavy (non-hydrogen) atoms. The van der Waals surface area contributed by atoms with E-state index < -0.39 is 11.8 Å². The van der Waals surface area contributed by atoms with E-state index in [-0.39, 0.29) is 22.9 Å². The number of nitrogens with zero attached hydrogens (tertiary/aromatic N) is 4. The molecule has 1 saturated carbocycles. The van der Waals surface area contributed by atoms with E-state index in [0.29, 0.717) is 23.1 Å². The second-order valence-electron chi connectivity index (χ2n) is 8.04. The Labute approximate surface area is 193 Å². The molecule has 4 aromatic rings. The molecule has 0 bridgehead atoms. The quantitative estimate of drug-likeness (QED) is 0.405. The zero-order valence-electron chi connectivity index (χ0n) is 18.2. The van der Waals surface area contributed by atoms with Crippen molar-refractivity contribution in [2.75, 3.05) is 5.32 Å². The minimum Gasteiger partial charge on any atom is -0.444 e.